The molecule has 0 saturated heterocycles. The number of hydrogen-bond acceptors (Lipinski definition) is 4. The van der Waals surface area contributed by atoms with E-state index in [9.17, 15) is 9.59 Å². The lowest BCUT2D eigenvalue weighted by atomic mass is 10.1. The van der Waals surface area contributed by atoms with Crippen molar-refractivity contribution >= 4 is 55.6 Å². The van der Waals surface area contributed by atoms with Crippen LogP contribution in [-0.4, -0.2) is 39.7 Å². The molecule has 0 aliphatic carbocycles. The molecule has 1 N–H and O–H groups in total. The summed E-state index contributed by atoms with van der Waals surface area (Å²) in [6, 6.07) is 15.3. The lowest BCUT2D eigenvalue weighted by Gasteiger charge is -2.17. The Morgan fingerprint density at radius 2 is 1.94 bits per heavy atom. The highest BCUT2D eigenvalue weighted by molar-refractivity contribution is 9.10. The van der Waals surface area contributed by atoms with E-state index < -0.39 is 0 Å². The van der Waals surface area contributed by atoms with Crippen LogP contribution in [0.2, 0.25) is 5.02 Å². The maximum absolute atomic E-state index is 12.5. The van der Waals surface area contributed by atoms with E-state index in [1.54, 1.807) is 30.6 Å². The molecule has 0 unspecified atom stereocenters. The Bertz CT molecular complexity index is 1270. The van der Waals surface area contributed by atoms with Gasteiger partial charge in [-0.15, -0.1) is 11.3 Å². The second kappa shape index (κ2) is 9.85. The monoisotopic (exact) mass is 530 g/mol. The topological polar surface area (TPSA) is 66.7 Å². The number of thiazole rings is 1. The van der Waals surface area contributed by atoms with E-state index in [0.29, 0.717) is 11.6 Å². The van der Waals surface area contributed by atoms with Crippen LogP contribution in [0.4, 0.5) is 0 Å². The van der Waals surface area contributed by atoms with Gasteiger partial charge in [0.1, 0.15) is 0 Å². The van der Waals surface area contributed by atoms with Crippen molar-refractivity contribution in [1.29, 1.82) is 0 Å². The predicted octanol–water partition coefficient (Wildman–Crippen LogP) is 4.80. The van der Waals surface area contributed by atoms with Gasteiger partial charge >= 0.3 is 0 Å². The second-order valence-electron chi connectivity index (χ2n) is 7.29. The Morgan fingerprint density at radius 1 is 1.19 bits per heavy atom. The van der Waals surface area contributed by atoms with E-state index in [0.717, 1.165) is 31.9 Å². The van der Waals surface area contributed by atoms with Crippen LogP contribution in [0, 0.1) is 0 Å². The van der Waals surface area contributed by atoms with E-state index in [1.165, 1.54) is 4.90 Å². The van der Waals surface area contributed by atoms with Crippen molar-refractivity contribution < 1.29 is 9.59 Å². The number of nitrogens with one attached hydrogen (secondary N) is 1. The van der Waals surface area contributed by atoms with Gasteiger partial charge in [-0.1, -0.05) is 57.9 Å². The summed E-state index contributed by atoms with van der Waals surface area (Å²) in [6.45, 7) is 0.279. The van der Waals surface area contributed by atoms with Crippen molar-refractivity contribution in [3.63, 3.8) is 0 Å². The minimum absolute atomic E-state index is 0.0333. The van der Waals surface area contributed by atoms with Crippen molar-refractivity contribution in [3.05, 3.63) is 80.9 Å². The van der Waals surface area contributed by atoms with Gasteiger partial charge in [0.2, 0.25) is 11.8 Å². The number of nitrogens with zero attached hydrogens (tertiary/aromatic N) is 3. The van der Waals surface area contributed by atoms with Crippen LogP contribution in [0.1, 0.15) is 11.3 Å². The number of imidazole rings is 1. The number of fused-ring (bicyclic) bond motifs is 1. The molecule has 0 aliphatic rings. The molecule has 2 heterocycles. The third-order valence-electron chi connectivity index (χ3n) is 5.03. The Hall–Kier alpha value is -2.68. The van der Waals surface area contributed by atoms with Crippen LogP contribution in [-0.2, 0) is 22.6 Å². The molecule has 0 spiro atoms. The van der Waals surface area contributed by atoms with Crippen molar-refractivity contribution in [1.82, 2.24) is 19.6 Å². The van der Waals surface area contributed by atoms with Gasteiger partial charge in [0, 0.05) is 21.9 Å². The molecular formula is C23H20BrClN4O2S. The summed E-state index contributed by atoms with van der Waals surface area (Å²) in [5, 5.41) is 5.49. The lowest BCUT2D eigenvalue weighted by molar-refractivity contribution is -0.134. The molecule has 9 heteroatoms. The zero-order valence-electron chi connectivity index (χ0n) is 17.2. The highest BCUT2D eigenvalue weighted by Gasteiger charge is 2.16. The molecule has 0 bridgehead atoms. The van der Waals surface area contributed by atoms with Crippen molar-refractivity contribution in [2.24, 2.45) is 0 Å². The smallest absolute Gasteiger partial charge is 0.239 e. The fraction of sp³-hybridized carbons (Fsp3) is 0.174. The van der Waals surface area contributed by atoms with Gasteiger partial charge in [-0.05, 0) is 29.3 Å². The number of halogens is 2. The molecule has 4 rings (SSSR count). The average molecular weight is 532 g/mol. The molecule has 4 aromatic rings. The van der Waals surface area contributed by atoms with Crippen LogP contribution < -0.4 is 5.32 Å². The molecule has 164 valence electrons. The predicted molar refractivity (Wildman–Crippen MR) is 131 cm³/mol. The number of amides is 2. The fourth-order valence-electron chi connectivity index (χ4n) is 3.30. The van der Waals surface area contributed by atoms with E-state index >= 15 is 0 Å². The summed E-state index contributed by atoms with van der Waals surface area (Å²) in [5.41, 5.74) is 3.70. The van der Waals surface area contributed by atoms with Gasteiger partial charge in [-0.25, -0.2) is 4.98 Å². The van der Waals surface area contributed by atoms with Crippen molar-refractivity contribution in [2.75, 3.05) is 13.6 Å². The summed E-state index contributed by atoms with van der Waals surface area (Å²) in [7, 11) is 1.61. The molecule has 0 aliphatic heterocycles. The van der Waals surface area contributed by atoms with Gasteiger partial charge in [-0.3, -0.25) is 14.0 Å². The summed E-state index contributed by atoms with van der Waals surface area (Å²) in [6.07, 6.45) is 1.92. The highest BCUT2D eigenvalue weighted by Crippen LogP contribution is 2.28. The zero-order chi connectivity index (χ0) is 22.7. The molecule has 2 amide bonds. The molecule has 2 aromatic heterocycles. The maximum atomic E-state index is 12.5. The quantitative estimate of drug-likeness (QED) is 0.373. The zero-order valence-corrected chi connectivity index (χ0v) is 20.4. The number of benzene rings is 2. The van der Waals surface area contributed by atoms with Crippen LogP contribution >= 0.6 is 38.9 Å². The fourth-order valence-corrected chi connectivity index (χ4v) is 4.66. The van der Waals surface area contributed by atoms with Crippen molar-refractivity contribution in [2.45, 2.75) is 13.0 Å². The van der Waals surface area contributed by atoms with E-state index in [4.69, 9.17) is 11.6 Å². The molecule has 0 saturated carbocycles. The number of likely N-dealkylation sites (N-methyl/N-ethyl adjacent to an activating group) is 1. The Morgan fingerprint density at radius 3 is 2.69 bits per heavy atom. The van der Waals surface area contributed by atoms with E-state index in [2.05, 4.69) is 31.6 Å². The Labute approximate surface area is 203 Å². The lowest BCUT2D eigenvalue weighted by Crippen LogP contribution is -2.38. The van der Waals surface area contributed by atoms with E-state index in [-0.39, 0.29) is 24.8 Å². The first-order valence-corrected chi connectivity index (χ1v) is 11.9. The number of carbonyl (C=O) groups is 2. The number of aromatic nitrogens is 2. The summed E-state index contributed by atoms with van der Waals surface area (Å²) in [4.78, 5) is 31.7. The number of hydrogen-bond donors (Lipinski definition) is 1. The summed E-state index contributed by atoms with van der Waals surface area (Å²) < 4.78 is 3.06. The van der Waals surface area contributed by atoms with Gasteiger partial charge < -0.3 is 10.2 Å². The van der Waals surface area contributed by atoms with Crippen LogP contribution in [0.3, 0.4) is 0 Å². The molecule has 32 heavy (non-hydrogen) atoms. The average Bonchev–Trinajstić information content (AvgIpc) is 3.37. The summed E-state index contributed by atoms with van der Waals surface area (Å²) >= 11 is 11.1. The normalized spacial score (nSPS) is 11.0. The maximum Gasteiger partial charge on any atom is 0.239 e. The van der Waals surface area contributed by atoms with Crippen LogP contribution in [0.25, 0.3) is 16.2 Å². The minimum Gasteiger partial charge on any atom is -0.349 e. The SMILES string of the molecule is CN(CC(=O)NCc1cnc2scc(-c3ccc(Br)cc3)n12)C(=O)Cc1ccccc1Cl. The van der Waals surface area contributed by atoms with Gasteiger partial charge in [0.25, 0.3) is 0 Å². The first-order valence-electron chi connectivity index (χ1n) is 9.86. The molecule has 2 aromatic carbocycles. The number of carbonyl (C=O) groups excluding carboxylic acids is 2. The minimum atomic E-state index is -0.240. The molecule has 0 radical (unpaired) electrons. The first-order chi connectivity index (χ1) is 15.4. The van der Waals surface area contributed by atoms with Gasteiger partial charge in [0.15, 0.2) is 4.96 Å². The molecule has 0 atom stereocenters. The third kappa shape index (κ3) is 5.03. The summed E-state index contributed by atoms with van der Waals surface area (Å²) in [5.74, 6) is -0.411. The Balaban J connectivity index is 1.39. The molecule has 0 fully saturated rings. The van der Waals surface area contributed by atoms with Gasteiger partial charge in [0.05, 0.1) is 37.1 Å². The largest absolute Gasteiger partial charge is 0.349 e. The third-order valence-corrected chi connectivity index (χ3v) is 6.77. The highest BCUT2D eigenvalue weighted by atomic mass is 79.9. The van der Waals surface area contributed by atoms with E-state index in [1.807, 2.05) is 46.9 Å². The first kappa shape index (κ1) is 22.5. The van der Waals surface area contributed by atoms with Gasteiger partial charge in [-0.2, -0.15) is 0 Å². The standard InChI is InChI=1S/C23H20BrClN4O2S/c1-28(22(31)10-16-4-2-3-5-19(16)25)13-21(30)26-11-18-12-27-23-29(18)20(14-32-23)15-6-8-17(24)9-7-15/h2-9,12,14H,10-11,13H2,1H3,(H,26,30). The van der Waals surface area contributed by atoms with Crippen LogP contribution in [0.15, 0.2) is 64.6 Å². The number of rotatable bonds is 7. The molecular weight excluding hydrogens is 512 g/mol. The van der Waals surface area contributed by atoms with Crippen molar-refractivity contribution in [3.8, 4) is 11.3 Å². The van der Waals surface area contributed by atoms with Crippen LogP contribution in [0.5, 0.6) is 0 Å². The Kier molecular flexibility index (Phi) is 6.93. The second-order valence-corrected chi connectivity index (χ2v) is 9.45. The molecule has 6 nitrogen and oxygen atoms in total.